The second-order valence-electron chi connectivity index (χ2n) is 7.11. The normalized spacial score (nSPS) is 11.2. The van der Waals surface area contributed by atoms with E-state index in [0.29, 0.717) is 22.6 Å². The van der Waals surface area contributed by atoms with Crippen LogP contribution in [0, 0.1) is 20.7 Å². The molecule has 0 bridgehead atoms. The molecule has 0 fully saturated rings. The van der Waals surface area contributed by atoms with Crippen molar-refractivity contribution in [2.75, 3.05) is 7.11 Å². The van der Waals surface area contributed by atoms with Gasteiger partial charge in [-0.1, -0.05) is 60.7 Å². The number of nitriles is 1. The molecule has 0 radical (unpaired) electrons. The van der Waals surface area contributed by atoms with Crippen molar-refractivity contribution in [3.63, 3.8) is 0 Å². The van der Waals surface area contributed by atoms with Gasteiger partial charge < -0.3 is 9.47 Å². The first kappa shape index (κ1) is 21.8. The van der Waals surface area contributed by atoms with E-state index in [4.69, 9.17) is 9.47 Å². The van der Waals surface area contributed by atoms with Gasteiger partial charge in [0.25, 0.3) is 0 Å². The highest BCUT2D eigenvalue weighted by Crippen LogP contribution is 2.36. The van der Waals surface area contributed by atoms with Crippen molar-refractivity contribution in [1.82, 2.24) is 0 Å². The lowest BCUT2D eigenvalue weighted by Crippen LogP contribution is -2.02. The number of halogens is 2. The van der Waals surface area contributed by atoms with Crippen LogP contribution in [0.1, 0.15) is 16.7 Å². The molecule has 5 heteroatoms. The monoisotopic (exact) mass is 535 g/mol. The number of benzene rings is 4. The first-order chi connectivity index (χ1) is 15.6. The number of hydrogen-bond donors (Lipinski definition) is 0. The highest BCUT2D eigenvalue weighted by molar-refractivity contribution is 14.1. The Kier molecular flexibility index (Phi) is 6.72. The van der Waals surface area contributed by atoms with E-state index < -0.39 is 0 Å². The van der Waals surface area contributed by atoms with E-state index in [2.05, 4.69) is 28.7 Å². The summed E-state index contributed by atoms with van der Waals surface area (Å²) in [6, 6.07) is 26.5. The van der Waals surface area contributed by atoms with Gasteiger partial charge in [-0.05, 0) is 63.2 Å². The predicted molar refractivity (Wildman–Crippen MR) is 134 cm³/mol. The van der Waals surface area contributed by atoms with Crippen molar-refractivity contribution in [3.05, 3.63) is 105 Å². The van der Waals surface area contributed by atoms with Gasteiger partial charge in [0, 0.05) is 11.1 Å². The average molecular weight is 535 g/mol. The predicted octanol–water partition coefficient (Wildman–Crippen LogP) is 7.24. The molecule has 0 aromatic heterocycles. The van der Waals surface area contributed by atoms with Crippen LogP contribution in [0.25, 0.3) is 22.4 Å². The lowest BCUT2D eigenvalue weighted by atomic mass is 9.97. The van der Waals surface area contributed by atoms with Crippen molar-refractivity contribution in [2.24, 2.45) is 0 Å². The van der Waals surface area contributed by atoms with E-state index in [1.807, 2.05) is 60.7 Å². The van der Waals surface area contributed by atoms with Gasteiger partial charge in [-0.3, -0.25) is 0 Å². The fourth-order valence-electron chi connectivity index (χ4n) is 3.53. The first-order valence-electron chi connectivity index (χ1n) is 9.94. The SMILES string of the molecule is COc1cc(/C=C(/C#N)c2cccc3ccccc23)cc(I)c1OCc1ccccc1F. The Labute approximate surface area is 199 Å². The van der Waals surface area contributed by atoms with Crippen LogP contribution < -0.4 is 9.47 Å². The van der Waals surface area contributed by atoms with Crippen LogP contribution in [-0.4, -0.2) is 7.11 Å². The highest BCUT2D eigenvalue weighted by atomic mass is 127. The Morgan fingerprint density at radius 3 is 2.56 bits per heavy atom. The minimum atomic E-state index is -0.310. The van der Waals surface area contributed by atoms with Gasteiger partial charge in [-0.2, -0.15) is 5.26 Å². The Morgan fingerprint density at radius 1 is 1.03 bits per heavy atom. The number of allylic oxidation sites excluding steroid dienone is 1. The molecule has 0 amide bonds. The minimum Gasteiger partial charge on any atom is -0.493 e. The number of methoxy groups -OCH3 is 1. The molecule has 4 rings (SSSR count). The second kappa shape index (κ2) is 9.84. The van der Waals surface area contributed by atoms with Crippen molar-refractivity contribution in [2.45, 2.75) is 6.61 Å². The molecule has 0 saturated carbocycles. The third kappa shape index (κ3) is 4.61. The van der Waals surface area contributed by atoms with Crippen LogP contribution in [0.15, 0.2) is 78.9 Å². The zero-order chi connectivity index (χ0) is 22.5. The number of ether oxygens (including phenoxy) is 2. The Morgan fingerprint density at radius 2 is 1.78 bits per heavy atom. The van der Waals surface area contributed by atoms with E-state index in [1.165, 1.54) is 6.07 Å². The summed E-state index contributed by atoms with van der Waals surface area (Å²) in [6.07, 6.45) is 1.84. The van der Waals surface area contributed by atoms with E-state index in [0.717, 1.165) is 25.5 Å². The number of nitrogens with zero attached hydrogens (tertiary/aromatic N) is 1. The summed E-state index contributed by atoms with van der Waals surface area (Å²) >= 11 is 2.16. The maximum atomic E-state index is 13.9. The standard InChI is InChI=1S/C27H19FINO2/c1-31-26-15-18(14-25(29)27(26)32-17-20-8-3-5-12-24(20)28)13-21(16-30)23-11-6-9-19-7-2-4-10-22(19)23/h2-15H,17H2,1H3/b21-13-. The third-order valence-electron chi connectivity index (χ3n) is 5.09. The molecule has 0 spiro atoms. The molecule has 0 aliphatic heterocycles. The van der Waals surface area contributed by atoms with Gasteiger partial charge in [0.2, 0.25) is 0 Å². The molecule has 0 atom stereocenters. The zero-order valence-electron chi connectivity index (χ0n) is 17.3. The quantitative estimate of drug-likeness (QED) is 0.149. The lowest BCUT2D eigenvalue weighted by Gasteiger charge is -2.14. The summed E-state index contributed by atoms with van der Waals surface area (Å²) in [6.45, 7) is 0.0909. The Hall–Kier alpha value is -3.37. The molecule has 32 heavy (non-hydrogen) atoms. The number of rotatable bonds is 6. The van der Waals surface area contributed by atoms with E-state index in [-0.39, 0.29) is 12.4 Å². The van der Waals surface area contributed by atoms with E-state index >= 15 is 0 Å². The van der Waals surface area contributed by atoms with Gasteiger partial charge in [-0.15, -0.1) is 0 Å². The highest BCUT2D eigenvalue weighted by Gasteiger charge is 2.14. The molecule has 3 nitrogen and oxygen atoms in total. The van der Waals surface area contributed by atoms with Crippen LogP contribution in [0.3, 0.4) is 0 Å². The first-order valence-corrected chi connectivity index (χ1v) is 11.0. The largest absolute Gasteiger partial charge is 0.493 e. The molecule has 158 valence electrons. The topological polar surface area (TPSA) is 42.2 Å². The van der Waals surface area contributed by atoms with Crippen LogP contribution in [-0.2, 0) is 6.61 Å². The summed E-state index contributed by atoms with van der Waals surface area (Å²) < 4.78 is 26.2. The number of hydrogen-bond acceptors (Lipinski definition) is 3. The third-order valence-corrected chi connectivity index (χ3v) is 5.89. The van der Waals surface area contributed by atoms with E-state index in [1.54, 1.807) is 25.3 Å². The second-order valence-corrected chi connectivity index (χ2v) is 8.27. The summed E-state index contributed by atoms with van der Waals surface area (Å²) in [5.74, 6) is 0.752. The maximum absolute atomic E-state index is 13.9. The van der Waals surface area contributed by atoms with Crippen molar-refractivity contribution in [3.8, 4) is 17.6 Å². The zero-order valence-corrected chi connectivity index (χ0v) is 19.5. The van der Waals surface area contributed by atoms with Gasteiger partial charge >= 0.3 is 0 Å². The summed E-state index contributed by atoms with van der Waals surface area (Å²) in [7, 11) is 1.56. The molecule has 4 aromatic rings. The van der Waals surface area contributed by atoms with Crippen LogP contribution in [0.2, 0.25) is 0 Å². The summed E-state index contributed by atoms with van der Waals surface area (Å²) in [5.41, 5.74) is 2.71. The fourth-order valence-corrected chi connectivity index (χ4v) is 4.31. The van der Waals surface area contributed by atoms with Crippen LogP contribution in [0.4, 0.5) is 4.39 Å². The van der Waals surface area contributed by atoms with Crippen molar-refractivity contribution in [1.29, 1.82) is 5.26 Å². The minimum absolute atomic E-state index is 0.0909. The molecule has 0 aliphatic carbocycles. The lowest BCUT2D eigenvalue weighted by molar-refractivity contribution is 0.277. The molecule has 0 heterocycles. The van der Waals surface area contributed by atoms with Crippen LogP contribution in [0.5, 0.6) is 11.5 Å². The molecule has 0 saturated heterocycles. The smallest absolute Gasteiger partial charge is 0.174 e. The summed E-state index contributed by atoms with van der Waals surface area (Å²) in [4.78, 5) is 0. The molecule has 0 N–H and O–H groups in total. The molecule has 0 aliphatic rings. The van der Waals surface area contributed by atoms with Gasteiger partial charge in [-0.25, -0.2) is 4.39 Å². The maximum Gasteiger partial charge on any atom is 0.174 e. The average Bonchev–Trinajstić information content (AvgIpc) is 2.82. The van der Waals surface area contributed by atoms with Crippen molar-refractivity contribution >= 4 is 45.0 Å². The summed E-state index contributed by atoms with van der Waals surface area (Å²) in [5, 5.41) is 12.0. The van der Waals surface area contributed by atoms with Crippen LogP contribution >= 0.6 is 22.6 Å². The molecule has 0 unspecified atom stereocenters. The van der Waals surface area contributed by atoms with Gasteiger partial charge in [0.1, 0.15) is 12.4 Å². The van der Waals surface area contributed by atoms with Gasteiger partial charge in [0.15, 0.2) is 11.5 Å². The van der Waals surface area contributed by atoms with Crippen molar-refractivity contribution < 1.29 is 13.9 Å². The Bertz CT molecular complexity index is 1350. The molecule has 4 aromatic carbocycles. The molecular formula is C27H19FINO2. The van der Waals surface area contributed by atoms with E-state index in [9.17, 15) is 9.65 Å². The van der Waals surface area contributed by atoms with Gasteiger partial charge in [0.05, 0.1) is 22.3 Å². The number of fused-ring (bicyclic) bond motifs is 1. The Balaban J connectivity index is 1.69. The fraction of sp³-hybridized carbons (Fsp3) is 0.0741. The molecular weight excluding hydrogens is 516 g/mol.